The van der Waals surface area contributed by atoms with E-state index < -0.39 is 17.2 Å². The number of ether oxygens (including phenoxy) is 2. The van der Waals surface area contributed by atoms with Crippen LogP contribution in [0.3, 0.4) is 0 Å². The Kier molecular flexibility index (Phi) is 5.46. The normalized spacial score (nSPS) is 12.7. The van der Waals surface area contributed by atoms with Crippen molar-refractivity contribution in [2.75, 3.05) is 19.0 Å². The van der Waals surface area contributed by atoms with E-state index in [1.165, 1.54) is 25.3 Å². The summed E-state index contributed by atoms with van der Waals surface area (Å²) >= 11 is 3.05. The topological polar surface area (TPSA) is 47.6 Å². The number of anilines is 1. The summed E-state index contributed by atoms with van der Waals surface area (Å²) in [6, 6.07) is 5.56. The molecule has 0 aliphatic heterocycles. The van der Waals surface area contributed by atoms with Gasteiger partial charge in [0.2, 0.25) is 0 Å². The summed E-state index contributed by atoms with van der Waals surface area (Å²) in [6.45, 7) is 0.0604. The lowest BCUT2D eigenvalue weighted by atomic mass is 10.3. The highest BCUT2D eigenvalue weighted by Crippen LogP contribution is 2.29. The third-order valence-electron chi connectivity index (χ3n) is 2.04. The van der Waals surface area contributed by atoms with Crippen LogP contribution < -0.4 is 10.1 Å². The smallest absolute Gasteiger partial charge is 0.468 e. The van der Waals surface area contributed by atoms with E-state index in [0.717, 1.165) is 0 Å². The molecule has 0 amide bonds. The van der Waals surface area contributed by atoms with Crippen molar-refractivity contribution >= 4 is 27.6 Å². The highest BCUT2D eigenvalue weighted by atomic mass is 79.9. The van der Waals surface area contributed by atoms with Gasteiger partial charge in [-0.2, -0.15) is 0 Å². The summed E-state index contributed by atoms with van der Waals surface area (Å²) in [5.41, 5.74) is 0.133. The fraction of sp³-hybridized carbons (Fsp3) is 0.364. The van der Waals surface area contributed by atoms with Crippen LogP contribution in [0.2, 0.25) is 0 Å². The Morgan fingerprint density at radius 2 is 2.05 bits per heavy atom. The molecule has 0 heterocycles. The van der Waals surface area contributed by atoms with Gasteiger partial charge in [0.05, 0.1) is 12.8 Å². The van der Waals surface area contributed by atoms with Gasteiger partial charge in [0.25, 0.3) is 0 Å². The predicted molar refractivity (Wildman–Crippen MR) is 66.3 cm³/mol. The van der Waals surface area contributed by atoms with Crippen LogP contribution in [-0.2, 0) is 9.53 Å². The molecule has 0 aliphatic rings. The van der Waals surface area contributed by atoms with Gasteiger partial charge in [0.1, 0.15) is 4.83 Å². The van der Waals surface area contributed by atoms with Crippen molar-refractivity contribution in [3.8, 4) is 5.75 Å². The van der Waals surface area contributed by atoms with Gasteiger partial charge in [-0.1, -0.05) is 28.1 Å². The van der Waals surface area contributed by atoms with Crippen LogP contribution in [0.25, 0.3) is 0 Å². The second-order valence-electron chi connectivity index (χ2n) is 3.42. The number of rotatable bonds is 5. The molecule has 0 aliphatic carbocycles. The van der Waals surface area contributed by atoms with Crippen LogP contribution in [-0.4, -0.2) is 30.8 Å². The monoisotopic (exact) mass is 341 g/mol. The Morgan fingerprint density at radius 1 is 1.42 bits per heavy atom. The molecule has 0 aromatic heterocycles. The molecular weight excluding hydrogens is 331 g/mol. The van der Waals surface area contributed by atoms with Crippen molar-refractivity contribution in [1.29, 1.82) is 0 Å². The summed E-state index contributed by atoms with van der Waals surface area (Å²) in [7, 11) is 1.22. The quantitative estimate of drug-likeness (QED) is 0.660. The number of carbonyl (C=O) groups is 1. The zero-order valence-electron chi connectivity index (χ0n) is 9.83. The maximum Gasteiger partial charge on any atom is 0.573 e. The third kappa shape index (κ3) is 5.37. The highest BCUT2D eigenvalue weighted by Gasteiger charge is 2.32. The molecule has 0 saturated heterocycles. The largest absolute Gasteiger partial charge is 0.573 e. The summed E-state index contributed by atoms with van der Waals surface area (Å²) in [6.07, 6.45) is -4.77. The van der Waals surface area contributed by atoms with E-state index in [4.69, 9.17) is 0 Å². The molecule has 19 heavy (non-hydrogen) atoms. The number of para-hydroxylation sites is 2. The number of methoxy groups -OCH3 is 1. The molecule has 106 valence electrons. The first kappa shape index (κ1) is 15.6. The number of hydrogen-bond acceptors (Lipinski definition) is 4. The second kappa shape index (κ2) is 6.65. The van der Waals surface area contributed by atoms with Gasteiger partial charge < -0.3 is 14.8 Å². The van der Waals surface area contributed by atoms with Crippen LogP contribution >= 0.6 is 15.9 Å². The van der Waals surface area contributed by atoms with E-state index in [1.807, 2.05) is 0 Å². The molecule has 0 bridgehead atoms. The van der Waals surface area contributed by atoms with E-state index in [2.05, 4.69) is 30.7 Å². The lowest BCUT2D eigenvalue weighted by molar-refractivity contribution is -0.274. The van der Waals surface area contributed by atoms with Crippen molar-refractivity contribution in [1.82, 2.24) is 0 Å². The summed E-state index contributed by atoms with van der Waals surface area (Å²) in [4.78, 5) is 10.5. The van der Waals surface area contributed by atoms with Gasteiger partial charge in [0, 0.05) is 6.54 Å². The number of alkyl halides is 4. The van der Waals surface area contributed by atoms with E-state index >= 15 is 0 Å². The maximum atomic E-state index is 12.2. The molecule has 1 aromatic carbocycles. The molecule has 0 spiro atoms. The Balaban J connectivity index is 2.70. The highest BCUT2D eigenvalue weighted by molar-refractivity contribution is 9.10. The van der Waals surface area contributed by atoms with Gasteiger partial charge in [-0.15, -0.1) is 13.2 Å². The molecule has 1 unspecified atom stereocenters. The first-order valence-electron chi connectivity index (χ1n) is 5.14. The van der Waals surface area contributed by atoms with Crippen molar-refractivity contribution in [3.05, 3.63) is 24.3 Å². The molecule has 0 fully saturated rings. The number of carbonyl (C=O) groups excluding carboxylic acids is 1. The Hall–Kier alpha value is -1.44. The van der Waals surface area contributed by atoms with Gasteiger partial charge in [-0.05, 0) is 12.1 Å². The molecule has 1 N–H and O–H groups in total. The zero-order chi connectivity index (χ0) is 14.5. The summed E-state index contributed by atoms with van der Waals surface area (Å²) < 4.78 is 44.8. The minimum absolute atomic E-state index is 0.0604. The maximum absolute atomic E-state index is 12.2. The molecule has 4 nitrogen and oxygen atoms in total. The lowest BCUT2D eigenvalue weighted by Gasteiger charge is -2.15. The van der Waals surface area contributed by atoms with Crippen molar-refractivity contribution < 1.29 is 27.4 Å². The summed E-state index contributed by atoms with van der Waals surface area (Å²) in [5, 5.41) is 2.68. The average molecular weight is 342 g/mol. The minimum atomic E-state index is -4.77. The first-order valence-corrected chi connectivity index (χ1v) is 6.05. The zero-order valence-corrected chi connectivity index (χ0v) is 11.4. The average Bonchev–Trinajstić information content (AvgIpc) is 2.34. The third-order valence-corrected chi connectivity index (χ3v) is 2.74. The van der Waals surface area contributed by atoms with Crippen molar-refractivity contribution in [2.45, 2.75) is 11.2 Å². The SMILES string of the molecule is COC(=O)C(Br)CNc1ccccc1OC(F)(F)F. The molecular formula is C11H11BrF3NO3. The molecule has 1 aromatic rings. The molecule has 0 saturated carbocycles. The molecule has 0 radical (unpaired) electrons. The van der Waals surface area contributed by atoms with Crippen LogP contribution in [0.5, 0.6) is 5.75 Å². The van der Waals surface area contributed by atoms with E-state index in [1.54, 1.807) is 6.07 Å². The van der Waals surface area contributed by atoms with Gasteiger partial charge >= 0.3 is 12.3 Å². The van der Waals surface area contributed by atoms with E-state index in [9.17, 15) is 18.0 Å². The Labute approximate surface area is 116 Å². The molecule has 1 rings (SSSR count). The Bertz CT molecular complexity index is 439. The predicted octanol–water partition coefficient (Wildman–Crippen LogP) is 2.93. The van der Waals surface area contributed by atoms with Crippen LogP contribution in [0.1, 0.15) is 0 Å². The number of halogens is 4. The van der Waals surface area contributed by atoms with Crippen molar-refractivity contribution in [3.63, 3.8) is 0 Å². The summed E-state index contributed by atoms with van der Waals surface area (Å²) in [5.74, 6) is -0.888. The van der Waals surface area contributed by atoms with Crippen LogP contribution in [0.15, 0.2) is 24.3 Å². The van der Waals surface area contributed by atoms with E-state index in [0.29, 0.717) is 0 Å². The van der Waals surface area contributed by atoms with E-state index in [-0.39, 0.29) is 18.0 Å². The van der Waals surface area contributed by atoms with Crippen LogP contribution in [0, 0.1) is 0 Å². The Morgan fingerprint density at radius 3 is 2.63 bits per heavy atom. The number of esters is 1. The van der Waals surface area contributed by atoms with Crippen LogP contribution in [0.4, 0.5) is 18.9 Å². The van der Waals surface area contributed by atoms with Gasteiger partial charge in [-0.3, -0.25) is 4.79 Å². The standard InChI is InChI=1S/C11H11BrF3NO3/c1-18-10(17)7(12)6-16-8-4-2-3-5-9(8)19-11(13,14)15/h2-5,7,16H,6H2,1H3. The number of hydrogen-bond donors (Lipinski definition) is 1. The molecule has 1 atom stereocenters. The minimum Gasteiger partial charge on any atom is -0.468 e. The first-order chi connectivity index (χ1) is 8.83. The molecule has 8 heteroatoms. The fourth-order valence-electron chi connectivity index (χ4n) is 1.24. The second-order valence-corrected chi connectivity index (χ2v) is 4.52. The van der Waals surface area contributed by atoms with Gasteiger partial charge in [-0.25, -0.2) is 0 Å². The lowest BCUT2D eigenvalue weighted by Crippen LogP contribution is -2.25. The number of benzene rings is 1. The van der Waals surface area contributed by atoms with Gasteiger partial charge in [0.15, 0.2) is 5.75 Å². The van der Waals surface area contributed by atoms with Crippen molar-refractivity contribution in [2.24, 2.45) is 0 Å². The fourth-order valence-corrected chi connectivity index (χ4v) is 1.59. The number of nitrogens with one attached hydrogen (secondary N) is 1.